The summed E-state index contributed by atoms with van der Waals surface area (Å²) in [6.45, 7) is 4.90. The first-order chi connectivity index (χ1) is 24.9. The first-order valence-electron chi connectivity index (χ1n) is 18.3. The van der Waals surface area contributed by atoms with Crippen LogP contribution in [0, 0.1) is 29.1 Å². The summed E-state index contributed by atoms with van der Waals surface area (Å²) in [5.74, 6) is 4.42. The van der Waals surface area contributed by atoms with E-state index in [9.17, 15) is 5.26 Å². The predicted octanol–water partition coefficient (Wildman–Crippen LogP) is 11.8. The smallest absolute Gasteiger partial charge is 0.164 e. The van der Waals surface area contributed by atoms with Crippen LogP contribution >= 0.6 is 0 Å². The fourth-order valence-corrected chi connectivity index (χ4v) is 9.58. The molecule has 6 aromatic carbocycles. The Labute approximate surface area is 299 Å². The molecule has 9 rings (SSSR count). The minimum absolute atomic E-state index is 0.288. The van der Waals surface area contributed by atoms with Crippen molar-refractivity contribution in [1.29, 1.82) is 5.26 Å². The van der Waals surface area contributed by atoms with Crippen LogP contribution in [0.5, 0.6) is 0 Å². The van der Waals surface area contributed by atoms with Gasteiger partial charge >= 0.3 is 0 Å². The first kappa shape index (κ1) is 31.3. The molecule has 2 unspecified atom stereocenters. The van der Waals surface area contributed by atoms with Gasteiger partial charge in [0.1, 0.15) is 0 Å². The van der Waals surface area contributed by atoms with Crippen molar-refractivity contribution in [3.05, 3.63) is 139 Å². The van der Waals surface area contributed by atoms with Crippen molar-refractivity contribution in [2.24, 2.45) is 17.8 Å². The third-order valence-electron chi connectivity index (χ3n) is 11.5. The highest BCUT2D eigenvalue weighted by Crippen LogP contribution is 2.54. The summed E-state index contributed by atoms with van der Waals surface area (Å²) in [4.78, 5) is 15.1. The third kappa shape index (κ3) is 5.77. The van der Waals surface area contributed by atoms with Crippen LogP contribution in [0.15, 0.2) is 127 Å². The molecule has 2 aliphatic carbocycles. The van der Waals surface area contributed by atoms with E-state index in [0.29, 0.717) is 23.0 Å². The van der Waals surface area contributed by atoms with E-state index >= 15 is 0 Å². The Kier molecular flexibility index (Phi) is 7.73. The van der Waals surface area contributed by atoms with Crippen molar-refractivity contribution in [2.45, 2.75) is 51.4 Å². The summed E-state index contributed by atoms with van der Waals surface area (Å²) in [5, 5.41) is 14.1. The zero-order valence-corrected chi connectivity index (χ0v) is 29.2. The van der Waals surface area contributed by atoms with E-state index < -0.39 is 0 Å². The third-order valence-corrected chi connectivity index (χ3v) is 11.5. The van der Waals surface area contributed by atoms with Gasteiger partial charge in [0.15, 0.2) is 17.5 Å². The Morgan fingerprint density at radius 2 is 1.06 bits per heavy atom. The van der Waals surface area contributed by atoms with Gasteiger partial charge in [0.05, 0.1) is 11.6 Å². The number of rotatable bonds is 5. The van der Waals surface area contributed by atoms with Gasteiger partial charge in [-0.3, -0.25) is 0 Å². The van der Waals surface area contributed by atoms with Crippen molar-refractivity contribution in [1.82, 2.24) is 15.0 Å². The van der Waals surface area contributed by atoms with E-state index in [1.165, 1.54) is 37.7 Å². The summed E-state index contributed by atoms with van der Waals surface area (Å²) in [6.07, 6.45) is 6.65. The highest BCUT2D eigenvalue weighted by Gasteiger charge is 2.45. The molecule has 0 amide bonds. The molecule has 2 saturated carbocycles. The molecule has 248 valence electrons. The molecule has 4 heteroatoms. The van der Waals surface area contributed by atoms with Crippen LogP contribution in [-0.2, 0) is 5.41 Å². The second-order valence-corrected chi connectivity index (χ2v) is 15.3. The standard InChI is InChI=1S/C47H40N4/c1-30-22-32-23-31(2)27-47(26-30,28-32)40-19-16-36(17-20-40)46-50-44(34-8-4-3-5-9-34)49-45(51-46)35-14-12-33(13-15-35)37-18-21-42-38(24-37)25-39(29-48)41-10-6-7-11-43(41)42/h3-21,24-25,30-32H,22-23,26-28H2,1-2H3/t30-,31+,32?,47?. The number of benzene rings is 6. The minimum Gasteiger partial charge on any atom is -0.208 e. The molecule has 0 aliphatic heterocycles. The van der Waals surface area contributed by atoms with E-state index in [1.807, 2.05) is 42.5 Å². The predicted molar refractivity (Wildman–Crippen MR) is 208 cm³/mol. The van der Waals surface area contributed by atoms with Gasteiger partial charge in [-0.25, -0.2) is 15.0 Å². The fraction of sp³-hybridized carbons (Fsp3) is 0.234. The van der Waals surface area contributed by atoms with Gasteiger partial charge < -0.3 is 0 Å². The summed E-state index contributed by atoms with van der Waals surface area (Å²) in [5.41, 5.74) is 7.57. The van der Waals surface area contributed by atoms with Crippen molar-refractivity contribution in [3.63, 3.8) is 0 Å². The van der Waals surface area contributed by atoms with Gasteiger partial charge in [-0.15, -0.1) is 0 Å². The molecule has 0 saturated heterocycles. The molecule has 1 aromatic heterocycles. The average Bonchev–Trinajstić information content (AvgIpc) is 3.17. The average molecular weight is 661 g/mol. The molecule has 2 fully saturated rings. The van der Waals surface area contributed by atoms with Crippen molar-refractivity contribution in [3.8, 4) is 51.4 Å². The molecular formula is C47H40N4. The molecule has 1 heterocycles. The Bertz CT molecular complexity index is 2420. The lowest BCUT2D eigenvalue weighted by atomic mass is 9.54. The van der Waals surface area contributed by atoms with Crippen LogP contribution < -0.4 is 0 Å². The Morgan fingerprint density at radius 1 is 0.529 bits per heavy atom. The lowest BCUT2D eigenvalue weighted by molar-refractivity contribution is 0.0780. The number of hydrogen-bond acceptors (Lipinski definition) is 4. The maximum absolute atomic E-state index is 9.85. The van der Waals surface area contributed by atoms with Crippen LogP contribution in [0.2, 0.25) is 0 Å². The highest BCUT2D eigenvalue weighted by atomic mass is 15.0. The molecular weight excluding hydrogens is 621 g/mol. The molecule has 4 nitrogen and oxygen atoms in total. The van der Waals surface area contributed by atoms with Gasteiger partial charge in [0.2, 0.25) is 0 Å². The summed E-state index contributed by atoms with van der Waals surface area (Å²) in [7, 11) is 0. The molecule has 0 spiro atoms. The van der Waals surface area contributed by atoms with E-state index in [0.717, 1.165) is 67.1 Å². The first-order valence-corrected chi connectivity index (χ1v) is 18.3. The lowest BCUT2D eigenvalue weighted by Gasteiger charge is -2.50. The Morgan fingerprint density at radius 3 is 1.69 bits per heavy atom. The van der Waals surface area contributed by atoms with Crippen molar-refractivity contribution in [2.75, 3.05) is 0 Å². The number of hydrogen-bond donors (Lipinski definition) is 0. The molecule has 51 heavy (non-hydrogen) atoms. The van der Waals surface area contributed by atoms with Crippen LogP contribution in [0.1, 0.15) is 57.1 Å². The second-order valence-electron chi connectivity index (χ2n) is 15.3. The summed E-state index contributed by atoms with van der Waals surface area (Å²) in [6, 6.07) is 46.8. The van der Waals surface area contributed by atoms with E-state index in [4.69, 9.17) is 15.0 Å². The van der Waals surface area contributed by atoms with Gasteiger partial charge in [0.25, 0.3) is 0 Å². The van der Waals surface area contributed by atoms with Gasteiger partial charge in [-0.2, -0.15) is 5.26 Å². The van der Waals surface area contributed by atoms with Gasteiger partial charge in [-0.05, 0) is 100 Å². The molecule has 0 radical (unpaired) electrons. The van der Waals surface area contributed by atoms with E-state index in [-0.39, 0.29) is 5.41 Å². The number of nitriles is 1. The number of aromatic nitrogens is 3. The minimum atomic E-state index is 0.288. The molecule has 4 atom stereocenters. The van der Waals surface area contributed by atoms with Gasteiger partial charge in [0, 0.05) is 22.1 Å². The quantitative estimate of drug-likeness (QED) is 0.172. The molecule has 2 bridgehead atoms. The van der Waals surface area contributed by atoms with Crippen molar-refractivity contribution >= 4 is 21.5 Å². The normalized spacial score (nSPS) is 21.4. The van der Waals surface area contributed by atoms with Crippen LogP contribution in [0.25, 0.3) is 66.8 Å². The molecule has 0 N–H and O–H groups in total. The molecule has 7 aromatic rings. The van der Waals surface area contributed by atoms with E-state index in [2.05, 4.69) is 105 Å². The highest BCUT2D eigenvalue weighted by molar-refractivity contribution is 6.10. The summed E-state index contributed by atoms with van der Waals surface area (Å²) < 4.78 is 0. The Balaban J connectivity index is 1.07. The van der Waals surface area contributed by atoms with E-state index in [1.54, 1.807) is 0 Å². The maximum Gasteiger partial charge on any atom is 0.164 e. The zero-order chi connectivity index (χ0) is 34.5. The molecule has 2 aliphatic rings. The SMILES string of the molecule is C[C@@H]1CC2C[C@H](C)CC(c3ccc(-c4nc(-c5ccccc5)nc(-c5ccc(-c6ccc7c(c6)cc(C#N)c6ccccc67)cc5)n4)cc3)(C2)C1. The van der Waals surface area contributed by atoms with Crippen LogP contribution in [0.3, 0.4) is 0 Å². The van der Waals surface area contributed by atoms with Crippen LogP contribution in [-0.4, -0.2) is 15.0 Å². The largest absolute Gasteiger partial charge is 0.208 e. The summed E-state index contributed by atoms with van der Waals surface area (Å²) >= 11 is 0. The van der Waals surface area contributed by atoms with Crippen LogP contribution in [0.4, 0.5) is 0 Å². The van der Waals surface area contributed by atoms with Crippen molar-refractivity contribution < 1.29 is 0 Å². The fourth-order valence-electron chi connectivity index (χ4n) is 9.58. The number of fused-ring (bicyclic) bond motifs is 5. The second kappa shape index (κ2) is 12.6. The maximum atomic E-state index is 9.85. The van der Waals surface area contributed by atoms with Gasteiger partial charge in [-0.1, -0.05) is 129 Å². The zero-order valence-electron chi connectivity index (χ0n) is 29.2. The number of nitrogens with zero attached hydrogens (tertiary/aromatic N) is 4. The monoisotopic (exact) mass is 660 g/mol. The Hall–Kier alpha value is -5.66. The lowest BCUT2D eigenvalue weighted by Crippen LogP contribution is -2.42. The topological polar surface area (TPSA) is 62.5 Å².